The van der Waals surface area contributed by atoms with E-state index >= 15 is 0 Å². The zero-order valence-electron chi connectivity index (χ0n) is 9.56. The van der Waals surface area contributed by atoms with Gasteiger partial charge in [0.05, 0.1) is 11.4 Å². The molecule has 2 aromatic rings. The van der Waals surface area contributed by atoms with Crippen LogP contribution in [0.2, 0.25) is 0 Å². The van der Waals surface area contributed by atoms with Gasteiger partial charge in [0.1, 0.15) is 0 Å². The monoisotopic (exact) mass is 235 g/mol. The quantitative estimate of drug-likeness (QED) is 0.442. The summed E-state index contributed by atoms with van der Waals surface area (Å²) in [4.78, 5) is 22.7. The molecule has 0 saturated carbocycles. The highest BCUT2D eigenvalue weighted by molar-refractivity contribution is 5.84. The molecule has 6 heteroatoms. The Morgan fingerprint density at radius 3 is 2.88 bits per heavy atom. The fraction of sp³-hybridized carbons (Fsp3) is 0.273. The van der Waals surface area contributed by atoms with E-state index < -0.39 is 11.7 Å². The standard InChI is InChI=1S/C11H13N3O3/c1-6(10(15)13-12)7-3-4-8-9(5-7)17-11(16)14(8)2/h3-6H,12H2,1-2H3,(H,13,15). The van der Waals surface area contributed by atoms with Crippen molar-refractivity contribution in [1.29, 1.82) is 0 Å². The van der Waals surface area contributed by atoms with Crippen LogP contribution in [-0.4, -0.2) is 10.5 Å². The van der Waals surface area contributed by atoms with E-state index in [1.54, 1.807) is 32.2 Å². The maximum Gasteiger partial charge on any atom is 0.419 e. The maximum absolute atomic E-state index is 11.4. The number of oxazole rings is 1. The summed E-state index contributed by atoms with van der Waals surface area (Å²) in [6, 6.07) is 5.20. The number of aromatic nitrogens is 1. The third kappa shape index (κ3) is 1.83. The molecule has 3 N–H and O–H groups in total. The molecule has 0 spiro atoms. The van der Waals surface area contributed by atoms with Gasteiger partial charge >= 0.3 is 5.76 Å². The largest absolute Gasteiger partial charge is 0.419 e. The van der Waals surface area contributed by atoms with Crippen molar-refractivity contribution < 1.29 is 9.21 Å². The summed E-state index contributed by atoms with van der Waals surface area (Å²) in [5.74, 6) is 3.97. The summed E-state index contributed by atoms with van der Waals surface area (Å²) >= 11 is 0. The van der Waals surface area contributed by atoms with Crippen molar-refractivity contribution in [3.05, 3.63) is 34.3 Å². The van der Waals surface area contributed by atoms with Crippen molar-refractivity contribution in [3.63, 3.8) is 0 Å². The first-order chi connectivity index (χ1) is 8.04. The number of nitrogens with two attached hydrogens (primary N) is 1. The van der Waals surface area contributed by atoms with Gasteiger partial charge in [0, 0.05) is 7.05 Å². The number of aryl methyl sites for hydroxylation is 1. The molecule has 1 heterocycles. The van der Waals surface area contributed by atoms with Crippen molar-refractivity contribution >= 4 is 17.0 Å². The number of amides is 1. The minimum atomic E-state index is -0.423. The lowest BCUT2D eigenvalue weighted by Gasteiger charge is -2.09. The summed E-state index contributed by atoms with van der Waals surface area (Å²) in [5, 5.41) is 0. The molecule has 1 amide bonds. The number of nitrogens with one attached hydrogen (secondary N) is 1. The molecule has 1 aromatic carbocycles. The van der Waals surface area contributed by atoms with Gasteiger partial charge in [-0.3, -0.25) is 14.8 Å². The fourth-order valence-electron chi connectivity index (χ4n) is 1.70. The molecule has 0 aliphatic heterocycles. The summed E-state index contributed by atoms with van der Waals surface area (Å²) in [5.41, 5.74) is 3.99. The van der Waals surface area contributed by atoms with Gasteiger partial charge in [-0.2, -0.15) is 0 Å². The smallest absolute Gasteiger partial charge is 0.408 e. The van der Waals surface area contributed by atoms with E-state index in [9.17, 15) is 9.59 Å². The Balaban J connectivity index is 2.52. The fourth-order valence-corrected chi connectivity index (χ4v) is 1.70. The lowest BCUT2D eigenvalue weighted by atomic mass is 10.0. The van der Waals surface area contributed by atoms with Gasteiger partial charge < -0.3 is 4.42 Å². The Kier molecular flexibility index (Phi) is 2.72. The molecule has 90 valence electrons. The van der Waals surface area contributed by atoms with E-state index in [1.165, 1.54) is 4.57 Å². The van der Waals surface area contributed by atoms with Crippen LogP contribution in [0, 0.1) is 0 Å². The van der Waals surface area contributed by atoms with Gasteiger partial charge in [0.15, 0.2) is 5.58 Å². The number of carbonyl (C=O) groups excluding carboxylic acids is 1. The Hall–Kier alpha value is -2.08. The molecular weight excluding hydrogens is 222 g/mol. The van der Waals surface area contributed by atoms with Gasteiger partial charge in [-0.1, -0.05) is 6.07 Å². The number of hydrogen-bond donors (Lipinski definition) is 2. The van der Waals surface area contributed by atoms with Crippen LogP contribution in [0.1, 0.15) is 18.4 Å². The average molecular weight is 235 g/mol. The lowest BCUT2D eigenvalue weighted by molar-refractivity contribution is -0.122. The number of hydrogen-bond acceptors (Lipinski definition) is 4. The van der Waals surface area contributed by atoms with E-state index in [0.29, 0.717) is 11.1 Å². The molecular formula is C11H13N3O3. The summed E-state index contributed by atoms with van der Waals surface area (Å²) < 4.78 is 6.46. The molecule has 6 nitrogen and oxygen atoms in total. The predicted octanol–water partition coefficient (Wildman–Crippen LogP) is 0.225. The first-order valence-corrected chi connectivity index (χ1v) is 5.14. The zero-order chi connectivity index (χ0) is 12.6. The van der Waals surface area contributed by atoms with Crippen LogP contribution in [0.4, 0.5) is 0 Å². The van der Waals surface area contributed by atoms with Crippen molar-refractivity contribution in [3.8, 4) is 0 Å². The van der Waals surface area contributed by atoms with Gasteiger partial charge in [-0.25, -0.2) is 10.6 Å². The second kappa shape index (κ2) is 4.06. The SMILES string of the molecule is CC(C(=O)NN)c1ccc2c(c1)oc(=O)n2C. The molecule has 1 aromatic heterocycles. The van der Waals surface area contributed by atoms with Crippen LogP contribution in [-0.2, 0) is 11.8 Å². The zero-order valence-corrected chi connectivity index (χ0v) is 9.56. The minimum absolute atomic E-state index is 0.289. The third-order valence-electron chi connectivity index (χ3n) is 2.85. The molecule has 0 aliphatic carbocycles. The van der Waals surface area contributed by atoms with Gasteiger partial charge in [-0.05, 0) is 24.6 Å². The van der Waals surface area contributed by atoms with Crippen LogP contribution in [0.5, 0.6) is 0 Å². The Bertz CT molecular complexity index is 626. The van der Waals surface area contributed by atoms with Crippen molar-refractivity contribution in [2.24, 2.45) is 12.9 Å². The second-order valence-corrected chi connectivity index (χ2v) is 3.88. The van der Waals surface area contributed by atoms with E-state index in [1.807, 2.05) is 0 Å². The van der Waals surface area contributed by atoms with Gasteiger partial charge in [0.2, 0.25) is 5.91 Å². The van der Waals surface area contributed by atoms with Crippen molar-refractivity contribution in [2.75, 3.05) is 0 Å². The molecule has 0 radical (unpaired) electrons. The number of benzene rings is 1. The van der Waals surface area contributed by atoms with Gasteiger partial charge in [0.25, 0.3) is 0 Å². The van der Waals surface area contributed by atoms with Gasteiger partial charge in [-0.15, -0.1) is 0 Å². The van der Waals surface area contributed by atoms with Crippen LogP contribution < -0.4 is 17.0 Å². The van der Waals surface area contributed by atoms with E-state index in [-0.39, 0.29) is 5.91 Å². The Morgan fingerprint density at radius 2 is 2.24 bits per heavy atom. The Morgan fingerprint density at radius 1 is 1.53 bits per heavy atom. The third-order valence-corrected chi connectivity index (χ3v) is 2.85. The molecule has 2 rings (SSSR count). The van der Waals surface area contributed by atoms with Crippen molar-refractivity contribution in [2.45, 2.75) is 12.8 Å². The number of fused-ring (bicyclic) bond motifs is 1. The maximum atomic E-state index is 11.4. The number of hydrazine groups is 1. The number of nitrogens with zero attached hydrogens (tertiary/aromatic N) is 1. The summed E-state index contributed by atoms with van der Waals surface area (Å²) in [7, 11) is 1.63. The molecule has 0 aliphatic rings. The highest BCUT2D eigenvalue weighted by Gasteiger charge is 2.16. The van der Waals surface area contributed by atoms with E-state index in [2.05, 4.69) is 5.43 Å². The normalized spacial score (nSPS) is 12.6. The van der Waals surface area contributed by atoms with Crippen LogP contribution in [0.25, 0.3) is 11.1 Å². The molecule has 0 bridgehead atoms. The van der Waals surface area contributed by atoms with E-state index in [4.69, 9.17) is 10.3 Å². The molecule has 1 atom stereocenters. The van der Waals surface area contributed by atoms with Crippen LogP contribution in [0.3, 0.4) is 0 Å². The highest BCUT2D eigenvalue weighted by atomic mass is 16.4. The topological polar surface area (TPSA) is 90.3 Å². The average Bonchev–Trinajstić information content (AvgIpc) is 2.62. The number of carbonyl (C=O) groups is 1. The molecule has 0 saturated heterocycles. The molecule has 0 fully saturated rings. The first-order valence-electron chi connectivity index (χ1n) is 5.14. The highest BCUT2D eigenvalue weighted by Crippen LogP contribution is 2.20. The number of rotatable bonds is 2. The lowest BCUT2D eigenvalue weighted by Crippen LogP contribution is -2.33. The summed E-state index contributed by atoms with van der Waals surface area (Å²) in [6.45, 7) is 1.73. The minimum Gasteiger partial charge on any atom is -0.408 e. The van der Waals surface area contributed by atoms with Crippen LogP contribution in [0.15, 0.2) is 27.4 Å². The van der Waals surface area contributed by atoms with Crippen LogP contribution >= 0.6 is 0 Å². The van der Waals surface area contributed by atoms with Crippen molar-refractivity contribution in [1.82, 2.24) is 9.99 Å². The second-order valence-electron chi connectivity index (χ2n) is 3.88. The summed E-state index contributed by atoms with van der Waals surface area (Å²) in [6.07, 6.45) is 0. The van der Waals surface area contributed by atoms with E-state index in [0.717, 1.165) is 5.56 Å². The molecule has 17 heavy (non-hydrogen) atoms. The Labute approximate surface area is 97.0 Å². The first kappa shape index (κ1) is 11.4. The predicted molar refractivity (Wildman–Crippen MR) is 62.2 cm³/mol. The molecule has 1 unspecified atom stereocenters.